The Kier molecular flexibility index (Phi) is 14.2. The van der Waals surface area contributed by atoms with E-state index in [9.17, 15) is 9.59 Å². The van der Waals surface area contributed by atoms with Crippen LogP contribution in [0.25, 0.3) is 6.08 Å². The first-order chi connectivity index (χ1) is 12.1. The molecule has 154 valence electrons. The molecule has 0 aliphatic carbocycles. The minimum absolute atomic E-state index is 0. The third-order valence-electron chi connectivity index (χ3n) is 4.10. The Balaban J connectivity index is 0. The molecule has 6 nitrogen and oxygen atoms in total. The van der Waals surface area contributed by atoms with Crippen LogP contribution in [0.3, 0.4) is 0 Å². The topological polar surface area (TPSA) is 118 Å². The summed E-state index contributed by atoms with van der Waals surface area (Å²) in [6.07, 6.45) is 3.30. The molecule has 1 rings (SSSR count). The van der Waals surface area contributed by atoms with E-state index in [1.165, 1.54) is 0 Å². The number of rotatable bonds is 9. The van der Waals surface area contributed by atoms with E-state index in [2.05, 4.69) is 25.7 Å². The van der Waals surface area contributed by atoms with E-state index in [4.69, 9.17) is 16.6 Å². The van der Waals surface area contributed by atoms with Crippen LogP contribution in [0.5, 0.6) is 0 Å². The van der Waals surface area contributed by atoms with Crippen molar-refractivity contribution in [3.8, 4) is 0 Å². The van der Waals surface area contributed by atoms with E-state index in [0.717, 1.165) is 24.1 Å². The number of carboxylic acids is 1. The predicted molar refractivity (Wildman–Crippen MR) is 115 cm³/mol. The van der Waals surface area contributed by atoms with Crippen LogP contribution in [0, 0.1) is 11.8 Å². The summed E-state index contributed by atoms with van der Waals surface area (Å²) >= 11 is 0. The number of hydrogen-bond acceptors (Lipinski definition) is 4. The molecule has 1 aromatic rings. The fourth-order valence-electron chi connectivity index (χ4n) is 2.21. The molecule has 0 radical (unpaired) electrons. The monoisotopic (exact) mass is 399 g/mol. The highest BCUT2D eigenvalue weighted by molar-refractivity contribution is 5.85. The molecular weight excluding hydrogens is 366 g/mol. The lowest BCUT2D eigenvalue weighted by molar-refractivity contribution is -0.139. The normalized spacial score (nSPS) is 13.3. The van der Waals surface area contributed by atoms with Gasteiger partial charge in [-0.25, -0.2) is 0 Å². The van der Waals surface area contributed by atoms with E-state index in [1.54, 1.807) is 6.08 Å². The van der Waals surface area contributed by atoms with Crippen LogP contribution in [-0.4, -0.2) is 29.1 Å². The van der Waals surface area contributed by atoms with Crippen molar-refractivity contribution in [1.82, 2.24) is 0 Å². The van der Waals surface area contributed by atoms with Gasteiger partial charge in [-0.05, 0) is 29.9 Å². The van der Waals surface area contributed by atoms with Gasteiger partial charge < -0.3 is 21.9 Å². The van der Waals surface area contributed by atoms with Crippen molar-refractivity contribution < 1.29 is 14.7 Å². The van der Waals surface area contributed by atoms with E-state index in [0.29, 0.717) is 5.92 Å². The maximum atomic E-state index is 11.4. The molecular formula is C20H34ClN3O3. The minimum Gasteiger partial charge on any atom is -0.480 e. The van der Waals surface area contributed by atoms with Crippen LogP contribution in [0.4, 0.5) is 5.69 Å². The highest BCUT2D eigenvalue weighted by Crippen LogP contribution is 2.19. The number of halogens is 1. The van der Waals surface area contributed by atoms with Gasteiger partial charge in [-0.1, -0.05) is 65.0 Å². The van der Waals surface area contributed by atoms with Crippen molar-refractivity contribution >= 4 is 36.0 Å². The van der Waals surface area contributed by atoms with Gasteiger partial charge in [-0.15, -0.1) is 12.4 Å². The molecule has 0 saturated carbocycles. The third-order valence-corrected chi connectivity index (χ3v) is 4.10. The van der Waals surface area contributed by atoms with Gasteiger partial charge in [0, 0.05) is 5.69 Å². The van der Waals surface area contributed by atoms with Gasteiger partial charge in [0.05, 0.1) is 0 Å². The van der Waals surface area contributed by atoms with Gasteiger partial charge in [0.25, 0.3) is 0 Å². The zero-order valence-electron chi connectivity index (χ0n) is 16.6. The zero-order chi connectivity index (χ0) is 20.3. The first kappa shape index (κ1) is 27.2. The molecule has 1 amide bonds. The Morgan fingerprint density at radius 2 is 1.81 bits per heavy atom. The van der Waals surface area contributed by atoms with Gasteiger partial charge in [0.2, 0.25) is 5.91 Å². The quantitative estimate of drug-likeness (QED) is 0.506. The van der Waals surface area contributed by atoms with Crippen LogP contribution >= 0.6 is 12.4 Å². The fraction of sp³-hybridized carbons (Fsp3) is 0.500. The number of carbonyl (C=O) groups is 2. The third kappa shape index (κ3) is 10.6. The van der Waals surface area contributed by atoms with Crippen molar-refractivity contribution in [3.05, 3.63) is 36.4 Å². The lowest BCUT2D eigenvalue weighted by Crippen LogP contribution is -2.36. The van der Waals surface area contributed by atoms with Crippen LogP contribution < -0.4 is 16.8 Å². The summed E-state index contributed by atoms with van der Waals surface area (Å²) in [5, 5.41) is 11.5. The molecule has 0 aliphatic heterocycles. The maximum Gasteiger partial charge on any atom is 0.320 e. The number of benzene rings is 1. The molecule has 0 aromatic heterocycles. The second-order valence-corrected chi connectivity index (χ2v) is 6.77. The second kappa shape index (κ2) is 14.1. The number of carboxylic acid groups (broad SMARTS) is 1. The number of nitrogens with two attached hydrogens (primary N) is 2. The van der Waals surface area contributed by atoms with E-state index in [-0.39, 0.29) is 30.3 Å². The molecule has 0 fully saturated rings. The number of nitrogens with one attached hydrogen (secondary N) is 1. The number of anilines is 1. The fourth-order valence-corrected chi connectivity index (χ4v) is 2.21. The second-order valence-electron chi connectivity index (χ2n) is 6.77. The number of amides is 1. The summed E-state index contributed by atoms with van der Waals surface area (Å²) in [5.41, 5.74) is 12.5. The molecule has 0 heterocycles. The van der Waals surface area contributed by atoms with Crippen molar-refractivity contribution in [1.29, 1.82) is 0 Å². The highest BCUT2D eigenvalue weighted by atomic mass is 35.5. The van der Waals surface area contributed by atoms with Gasteiger partial charge in [0.15, 0.2) is 0 Å². The Morgan fingerprint density at radius 1 is 1.26 bits per heavy atom. The van der Waals surface area contributed by atoms with E-state index < -0.39 is 12.0 Å². The van der Waals surface area contributed by atoms with Crippen LogP contribution in [0.2, 0.25) is 0 Å². The summed E-state index contributed by atoms with van der Waals surface area (Å²) in [6, 6.07) is 6.69. The molecule has 0 spiro atoms. The van der Waals surface area contributed by atoms with Gasteiger partial charge in [0.1, 0.15) is 12.1 Å². The SMILES string of the molecule is C=Cc1ccccc1NC(CC(C)C)C(N)=O.CCC(C)C(N)C(=O)O.Cl. The molecule has 3 unspecified atom stereocenters. The van der Waals surface area contributed by atoms with Crippen molar-refractivity contribution in [2.24, 2.45) is 23.3 Å². The molecule has 3 atom stereocenters. The summed E-state index contributed by atoms with van der Waals surface area (Å²) in [5.74, 6) is -0.750. The Bertz CT molecular complexity index is 594. The molecule has 27 heavy (non-hydrogen) atoms. The maximum absolute atomic E-state index is 11.4. The largest absolute Gasteiger partial charge is 0.480 e. The first-order valence-corrected chi connectivity index (χ1v) is 8.89. The summed E-state index contributed by atoms with van der Waals surface area (Å²) < 4.78 is 0. The molecule has 1 aromatic carbocycles. The number of carbonyl (C=O) groups excluding carboxylic acids is 1. The van der Waals surface area contributed by atoms with Crippen LogP contribution in [0.1, 0.15) is 46.1 Å². The van der Waals surface area contributed by atoms with Gasteiger partial charge in [-0.3, -0.25) is 9.59 Å². The van der Waals surface area contributed by atoms with E-state index in [1.807, 2.05) is 38.1 Å². The molecule has 0 aliphatic rings. The van der Waals surface area contributed by atoms with Crippen molar-refractivity contribution in [3.63, 3.8) is 0 Å². The van der Waals surface area contributed by atoms with Crippen LogP contribution in [-0.2, 0) is 9.59 Å². The number of hydrogen-bond donors (Lipinski definition) is 4. The number of aliphatic carboxylic acids is 1. The Morgan fingerprint density at radius 3 is 2.19 bits per heavy atom. The number of primary amides is 1. The highest BCUT2D eigenvalue weighted by Gasteiger charge is 2.18. The van der Waals surface area contributed by atoms with Crippen LogP contribution in [0.15, 0.2) is 30.8 Å². The van der Waals surface area contributed by atoms with Gasteiger partial charge in [-0.2, -0.15) is 0 Å². The molecule has 6 N–H and O–H groups in total. The lowest BCUT2D eigenvalue weighted by atomic mass is 10.0. The van der Waals surface area contributed by atoms with Crippen molar-refractivity contribution in [2.75, 3.05) is 5.32 Å². The number of para-hydroxylation sites is 1. The Hall–Kier alpha value is -2.05. The summed E-state index contributed by atoms with van der Waals surface area (Å²) in [4.78, 5) is 21.5. The standard InChI is InChI=1S/C14H20N2O.C6H13NO2.ClH/c1-4-11-7-5-6-8-12(11)16-13(14(15)17)9-10(2)3;1-3-4(2)5(7)6(8)9;/h4-8,10,13,16H,1,9H2,2-3H3,(H2,15,17);4-5H,3,7H2,1-2H3,(H,8,9);1H. The summed E-state index contributed by atoms with van der Waals surface area (Å²) in [6.45, 7) is 11.6. The Labute approximate surface area is 168 Å². The first-order valence-electron chi connectivity index (χ1n) is 8.89. The van der Waals surface area contributed by atoms with Gasteiger partial charge >= 0.3 is 5.97 Å². The van der Waals surface area contributed by atoms with E-state index >= 15 is 0 Å². The lowest BCUT2D eigenvalue weighted by Gasteiger charge is -2.19. The molecule has 0 saturated heterocycles. The van der Waals surface area contributed by atoms with Crippen molar-refractivity contribution in [2.45, 2.75) is 52.6 Å². The average molecular weight is 400 g/mol. The molecule has 0 bridgehead atoms. The minimum atomic E-state index is -0.913. The predicted octanol–water partition coefficient (Wildman–Crippen LogP) is 3.51. The zero-order valence-corrected chi connectivity index (χ0v) is 17.5. The summed E-state index contributed by atoms with van der Waals surface area (Å²) in [7, 11) is 0. The smallest absolute Gasteiger partial charge is 0.320 e. The molecule has 7 heteroatoms. The average Bonchev–Trinajstić information content (AvgIpc) is 2.60.